The van der Waals surface area contributed by atoms with E-state index in [1.54, 1.807) is 24.4 Å². The average molecular weight is 731 g/mol. The number of aromatic nitrogens is 1. The van der Waals surface area contributed by atoms with Gasteiger partial charge in [-0.15, -0.1) is 11.3 Å². The summed E-state index contributed by atoms with van der Waals surface area (Å²) in [6.07, 6.45) is 4.24. The Morgan fingerprint density at radius 3 is 2.35 bits per heavy atom. The van der Waals surface area contributed by atoms with Crippen LogP contribution in [-0.2, 0) is 20.8 Å². The number of piperidine rings is 1. The number of aliphatic carboxylic acids is 1. The number of hydrogen-bond acceptors (Lipinski definition) is 8. The predicted octanol–water partition coefficient (Wildman–Crippen LogP) is 6.53. The number of likely N-dealkylation sites (tertiary alicyclic amines) is 1. The van der Waals surface area contributed by atoms with Crippen LogP contribution in [0.2, 0.25) is 0 Å². The molecule has 1 aromatic carbocycles. The molecule has 0 aliphatic carbocycles. The Balaban J connectivity index is 1.77. The van der Waals surface area contributed by atoms with E-state index < -0.39 is 35.9 Å². The van der Waals surface area contributed by atoms with E-state index in [1.807, 2.05) is 46.6 Å². The van der Waals surface area contributed by atoms with E-state index in [0.29, 0.717) is 18.0 Å². The highest BCUT2D eigenvalue weighted by Crippen LogP contribution is 2.32. The zero-order valence-electron chi connectivity index (χ0n) is 31.4. The van der Waals surface area contributed by atoms with Gasteiger partial charge >= 0.3 is 5.97 Å². The van der Waals surface area contributed by atoms with Crippen LogP contribution in [0.15, 0.2) is 29.6 Å². The first-order valence-electron chi connectivity index (χ1n) is 18.6. The number of likely N-dealkylation sites (N-methyl/N-ethyl adjacent to an activating group) is 1. The molecule has 284 valence electrons. The molecule has 0 saturated carbocycles. The van der Waals surface area contributed by atoms with Gasteiger partial charge in [0.1, 0.15) is 22.6 Å². The van der Waals surface area contributed by atoms with Gasteiger partial charge in [0.2, 0.25) is 5.91 Å². The summed E-state index contributed by atoms with van der Waals surface area (Å²) in [6, 6.07) is 4.82. The van der Waals surface area contributed by atoms with Crippen LogP contribution < -0.4 is 5.32 Å². The van der Waals surface area contributed by atoms with Crippen molar-refractivity contribution >= 4 is 34.9 Å². The number of carboxylic acids is 1. The van der Waals surface area contributed by atoms with Crippen LogP contribution in [0, 0.1) is 29.5 Å². The van der Waals surface area contributed by atoms with Crippen molar-refractivity contribution in [3.8, 4) is 0 Å². The van der Waals surface area contributed by atoms with Crippen molar-refractivity contribution in [2.24, 2.45) is 23.7 Å². The Hall–Kier alpha value is -3.22. The SMILES string of the molecule is CCCN(C(=O)[C@@H](CC(=O)C1CCCCN1C)C(C)CC)C(C[C@@H](O)c1nc(C(=O)N[C@@H](Cc2ccc(F)cc2)C[C@H](C)C(=O)O)cs1)C(C)C. The minimum absolute atomic E-state index is 0.000845. The minimum atomic E-state index is -1.04. The Labute approximate surface area is 307 Å². The van der Waals surface area contributed by atoms with Gasteiger partial charge in [0, 0.05) is 42.8 Å². The van der Waals surface area contributed by atoms with E-state index in [1.165, 1.54) is 12.1 Å². The number of ketones is 1. The van der Waals surface area contributed by atoms with E-state index in [9.17, 15) is 33.8 Å². The maximum Gasteiger partial charge on any atom is 0.306 e. The number of hydrogen-bond donors (Lipinski definition) is 3. The van der Waals surface area contributed by atoms with Crippen LogP contribution in [0.5, 0.6) is 0 Å². The van der Waals surface area contributed by atoms with Crippen molar-refractivity contribution in [3.63, 3.8) is 0 Å². The molecule has 1 saturated heterocycles. The zero-order chi connectivity index (χ0) is 37.8. The second-order valence-electron chi connectivity index (χ2n) is 14.8. The van der Waals surface area contributed by atoms with Crippen molar-refractivity contribution in [2.75, 3.05) is 20.1 Å². The fourth-order valence-electron chi connectivity index (χ4n) is 7.06. The van der Waals surface area contributed by atoms with Crippen molar-refractivity contribution in [1.29, 1.82) is 0 Å². The lowest BCUT2D eigenvalue weighted by Gasteiger charge is -2.39. The fourth-order valence-corrected chi connectivity index (χ4v) is 7.86. The van der Waals surface area contributed by atoms with E-state index in [-0.39, 0.29) is 66.4 Å². The summed E-state index contributed by atoms with van der Waals surface area (Å²) in [5, 5.41) is 25.8. The molecule has 0 radical (unpaired) electrons. The summed E-state index contributed by atoms with van der Waals surface area (Å²) < 4.78 is 13.5. The number of rotatable bonds is 20. The molecule has 3 rings (SSSR count). The number of benzene rings is 1. The molecule has 51 heavy (non-hydrogen) atoms. The van der Waals surface area contributed by atoms with Gasteiger partial charge in [0.15, 0.2) is 5.78 Å². The number of nitrogens with zero attached hydrogens (tertiary/aromatic N) is 3. The van der Waals surface area contributed by atoms with Gasteiger partial charge in [0.05, 0.1) is 12.0 Å². The Kier molecular flexibility index (Phi) is 16.7. The first kappa shape index (κ1) is 42.2. The second kappa shape index (κ2) is 20.1. The van der Waals surface area contributed by atoms with E-state index in [4.69, 9.17) is 0 Å². The van der Waals surface area contributed by atoms with Gasteiger partial charge in [-0.1, -0.05) is 66.5 Å². The quantitative estimate of drug-likeness (QED) is 0.140. The molecule has 0 bridgehead atoms. The van der Waals surface area contributed by atoms with Gasteiger partial charge in [-0.2, -0.15) is 0 Å². The number of Topliss-reactive ketones (excluding diaryl/α,β-unsaturated/α-hetero) is 1. The van der Waals surface area contributed by atoms with Gasteiger partial charge in [-0.05, 0) is 75.2 Å². The van der Waals surface area contributed by atoms with Crippen molar-refractivity contribution in [1.82, 2.24) is 20.1 Å². The standard InChI is InChI=1S/C39H59FN4O6S/c1-8-17-44(38(48)30(25(5)9-2)21-34(45)32-12-10-11-18-43(32)7)33(24(3)4)22-35(46)37-42-31(23-51-37)36(47)41-29(19-26(6)39(49)50)20-27-13-15-28(40)16-14-27/h13-16,23-26,29-30,32-33,35,46H,8-12,17-22H2,1-7H3,(H,41,47)(H,49,50)/t25?,26-,29+,30-,32?,33?,35+/m0/s1. The lowest BCUT2D eigenvalue weighted by molar-refractivity contribution is -0.144. The van der Waals surface area contributed by atoms with Crippen molar-refractivity contribution < 1.29 is 33.8 Å². The zero-order valence-corrected chi connectivity index (χ0v) is 32.3. The number of carbonyl (C=O) groups is 4. The molecule has 10 nitrogen and oxygen atoms in total. The number of aliphatic hydroxyl groups is 1. The summed E-state index contributed by atoms with van der Waals surface area (Å²) in [5.41, 5.74) is 0.854. The molecule has 1 fully saturated rings. The molecule has 0 spiro atoms. The van der Waals surface area contributed by atoms with E-state index in [0.717, 1.165) is 55.5 Å². The maximum atomic E-state index is 14.4. The van der Waals surface area contributed by atoms with Crippen LogP contribution >= 0.6 is 11.3 Å². The average Bonchev–Trinajstić information content (AvgIpc) is 3.60. The molecule has 1 aromatic heterocycles. The number of halogens is 1. The number of nitrogens with one attached hydrogen (secondary N) is 1. The normalized spacial score (nSPS) is 18.7. The van der Waals surface area contributed by atoms with E-state index >= 15 is 0 Å². The monoisotopic (exact) mass is 730 g/mol. The van der Waals surface area contributed by atoms with Gasteiger partial charge in [-0.3, -0.25) is 24.1 Å². The Morgan fingerprint density at radius 2 is 1.76 bits per heavy atom. The van der Waals surface area contributed by atoms with Crippen LogP contribution in [0.3, 0.4) is 0 Å². The van der Waals surface area contributed by atoms with Crippen LogP contribution in [0.1, 0.15) is 120 Å². The third-order valence-electron chi connectivity index (χ3n) is 10.4. The minimum Gasteiger partial charge on any atom is -0.481 e. The molecule has 12 heteroatoms. The third-order valence-corrected chi connectivity index (χ3v) is 11.4. The smallest absolute Gasteiger partial charge is 0.306 e. The van der Waals surface area contributed by atoms with E-state index in [2.05, 4.69) is 15.2 Å². The number of aliphatic hydroxyl groups excluding tert-OH is 1. The van der Waals surface area contributed by atoms with Gasteiger partial charge in [0.25, 0.3) is 5.91 Å². The number of thiazole rings is 1. The van der Waals surface area contributed by atoms with Crippen LogP contribution in [-0.4, -0.2) is 86.8 Å². The number of carboxylic acid groups (broad SMARTS) is 1. The predicted molar refractivity (Wildman–Crippen MR) is 198 cm³/mol. The van der Waals surface area contributed by atoms with Crippen LogP contribution in [0.25, 0.3) is 0 Å². The highest BCUT2D eigenvalue weighted by molar-refractivity contribution is 7.09. The molecule has 2 aromatic rings. The molecule has 2 heterocycles. The lowest BCUT2D eigenvalue weighted by Crippen LogP contribution is -2.50. The van der Waals surface area contributed by atoms with Crippen molar-refractivity contribution in [2.45, 2.75) is 124 Å². The molecule has 1 aliphatic heterocycles. The highest BCUT2D eigenvalue weighted by atomic mass is 32.1. The molecule has 2 amide bonds. The lowest BCUT2D eigenvalue weighted by atomic mass is 9.82. The molecule has 3 N–H and O–H groups in total. The molecule has 3 unspecified atom stereocenters. The Morgan fingerprint density at radius 1 is 1.08 bits per heavy atom. The molecule has 1 aliphatic rings. The molecular weight excluding hydrogens is 672 g/mol. The first-order valence-corrected chi connectivity index (χ1v) is 19.5. The molecular formula is C39H59FN4O6S. The van der Waals surface area contributed by atoms with Crippen molar-refractivity contribution in [3.05, 3.63) is 51.7 Å². The number of carbonyl (C=O) groups excluding carboxylic acids is 3. The first-order chi connectivity index (χ1) is 24.2. The molecule has 7 atom stereocenters. The third kappa shape index (κ3) is 12.2. The summed E-state index contributed by atoms with van der Waals surface area (Å²) in [6.45, 7) is 13.1. The topological polar surface area (TPSA) is 140 Å². The van der Waals surface area contributed by atoms with Crippen LogP contribution in [0.4, 0.5) is 4.39 Å². The summed E-state index contributed by atoms with van der Waals surface area (Å²) in [4.78, 5) is 61.4. The second-order valence-corrected chi connectivity index (χ2v) is 15.7. The highest BCUT2D eigenvalue weighted by Gasteiger charge is 2.38. The summed E-state index contributed by atoms with van der Waals surface area (Å²) in [5.74, 6) is -2.96. The fraction of sp³-hybridized carbons (Fsp3) is 0.667. The number of amides is 2. The van der Waals surface area contributed by atoms with Gasteiger partial charge < -0.3 is 20.4 Å². The Bertz CT molecular complexity index is 1430. The summed E-state index contributed by atoms with van der Waals surface area (Å²) >= 11 is 1.15. The summed E-state index contributed by atoms with van der Waals surface area (Å²) in [7, 11) is 1.99. The largest absolute Gasteiger partial charge is 0.481 e. The van der Waals surface area contributed by atoms with Gasteiger partial charge in [-0.25, -0.2) is 9.37 Å². The maximum absolute atomic E-state index is 14.4.